The van der Waals surface area contributed by atoms with Crippen LogP contribution in [0.2, 0.25) is 0 Å². The molecule has 0 saturated carbocycles. The van der Waals surface area contributed by atoms with E-state index in [4.69, 9.17) is 4.74 Å². The Labute approximate surface area is 145 Å². The molecule has 7 heteroatoms. The molecule has 1 amide bonds. The van der Waals surface area contributed by atoms with Crippen LogP contribution in [0.25, 0.3) is 10.7 Å². The number of hydrogen-bond acceptors (Lipinski definition) is 6. The summed E-state index contributed by atoms with van der Waals surface area (Å²) < 4.78 is 5.36. The molecule has 0 unspecified atom stereocenters. The van der Waals surface area contributed by atoms with Crippen molar-refractivity contribution >= 4 is 17.2 Å². The van der Waals surface area contributed by atoms with Crippen LogP contribution in [0.3, 0.4) is 0 Å². The van der Waals surface area contributed by atoms with Crippen molar-refractivity contribution in [3.8, 4) is 10.7 Å². The van der Waals surface area contributed by atoms with Crippen molar-refractivity contribution in [1.82, 2.24) is 20.2 Å². The molecular weight excluding hydrogens is 324 g/mol. The smallest absolute Gasteiger partial charge is 0.263 e. The minimum atomic E-state index is -0.0627. The molecule has 1 saturated heterocycles. The van der Waals surface area contributed by atoms with Crippen LogP contribution in [0.15, 0.2) is 24.4 Å². The summed E-state index contributed by atoms with van der Waals surface area (Å²) in [7, 11) is 0. The number of nitrogens with one attached hydrogen (secondary N) is 1. The number of morpholine rings is 1. The van der Waals surface area contributed by atoms with Gasteiger partial charge >= 0.3 is 0 Å². The number of nitrogens with zero attached hydrogens (tertiary/aromatic N) is 3. The molecule has 1 atom stereocenters. The van der Waals surface area contributed by atoms with Crippen LogP contribution < -0.4 is 5.32 Å². The largest absolute Gasteiger partial charge is 0.379 e. The zero-order chi connectivity index (χ0) is 16.9. The van der Waals surface area contributed by atoms with Crippen LogP contribution in [-0.4, -0.2) is 59.7 Å². The molecule has 0 spiro atoms. The molecule has 1 aliphatic rings. The number of aryl methyl sites for hydroxylation is 1. The first-order chi connectivity index (χ1) is 11.6. The summed E-state index contributed by atoms with van der Waals surface area (Å²) in [6, 6.07) is 5.98. The number of carbonyl (C=O) groups is 1. The third-order valence-electron chi connectivity index (χ3n) is 4.11. The first kappa shape index (κ1) is 17.0. The number of rotatable bonds is 5. The minimum absolute atomic E-state index is 0.0627. The maximum atomic E-state index is 12.5. The number of ether oxygens (including phenoxy) is 1. The van der Waals surface area contributed by atoms with Crippen molar-refractivity contribution in [2.45, 2.75) is 19.9 Å². The van der Waals surface area contributed by atoms with E-state index in [-0.39, 0.29) is 5.91 Å². The van der Waals surface area contributed by atoms with Crippen LogP contribution >= 0.6 is 11.3 Å². The molecule has 0 aromatic carbocycles. The second-order valence-corrected chi connectivity index (χ2v) is 6.85. The topological polar surface area (TPSA) is 67.4 Å². The number of carbonyl (C=O) groups excluding carboxylic acids is 1. The minimum Gasteiger partial charge on any atom is -0.379 e. The van der Waals surface area contributed by atoms with E-state index in [1.807, 2.05) is 25.1 Å². The van der Waals surface area contributed by atoms with Gasteiger partial charge in [-0.1, -0.05) is 6.07 Å². The summed E-state index contributed by atoms with van der Waals surface area (Å²) in [5.41, 5.74) is 1.54. The molecular formula is C17H22N4O2S. The molecule has 1 N–H and O–H groups in total. The van der Waals surface area contributed by atoms with Crippen LogP contribution in [0.1, 0.15) is 22.3 Å². The van der Waals surface area contributed by atoms with Crippen LogP contribution in [0.5, 0.6) is 0 Å². The van der Waals surface area contributed by atoms with Gasteiger partial charge in [0.2, 0.25) is 0 Å². The molecule has 0 aliphatic carbocycles. The molecule has 24 heavy (non-hydrogen) atoms. The molecule has 3 rings (SSSR count). The Hall–Kier alpha value is -1.83. The second-order valence-electron chi connectivity index (χ2n) is 5.86. The van der Waals surface area contributed by atoms with Gasteiger partial charge < -0.3 is 10.1 Å². The van der Waals surface area contributed by atoms with Crippen molar-refractivity contribution in [2.24, 2.45) is 0 Å². The highest BCUT2D eigenvalue weighted by Gasteiger charge is 2.20. The van der Waals surface area contributed by atoms with Gasteiger partial charge in [-0.2, -0.15) is 0 Å². The van der Waals surface area contributed by atoms with E-state index < -0.39 is 0 Å². The third kappa shape index (κ3) is 3.98. The fraction of sp³-hybridized carbons (Fsp3) is 0.471. The predicted octanol–water partition coefficient (Wildman–Crippen LogP) is 1.96. The van der Waals surface area contributed by atoms with Crippen molar-refractivity contribution in [2.75, 3.05) is 32.8 Å². The summed E-state index contributed by atoms with van der Waals surface area (Å²) in [4.78, 5) is 24.3. The first-order valence-electron chi connectivity index (χ1n) is 8.14. The Morgan fingerprint density at radius 3 is 2.92 bits per heavy atom. The van der Waals surface area contributed by atoms with Crippen molar-refractivity contribution in [3.63, 3.8) is 0 Å². The lowest BCUT2D eigenvalue weighted by Gasteiger charge is -2.32. The summed E-state index contributed by atoms with van der Waals surface area (Å²) in [6.07, 6.45) is 1.73. The van der Waals surface area contributed by atoms with E-state index in [0.717, 1.165) is 42.7 Å². The standard InChI is InChI=1S/C17H22N4O2S/c1-12(21-7-9-23-10-8-21)11-19-16(22)15-13(2)20-17(24-15)14-5-3-4-6-18-14/h3-6,12H,7-11H2,1-2H3,(H,19,22)/t12-/m1/s1. The first-order valence-corrected chi connectivity index (χ1v) is 8.95. The fourth-order valence-corrected chi connectivity index (χ4v) is 3.63. The molecule has 6 nitrogen and oxygen atoms in total. The highest BCUT2D eigenvalue weighted by molar-refractivity contribution is 7.17. The van der Waals surface area contributed by atoms with Crippen molar-refractivity contribution in [3.05, 3.63) is 35.0 Å². The normalized spacial score (nSPS) is 16.8. The highest BCUT2D eigenvalue weighted by Crippen LogP contribution is 2.26. The Morgan fingerprint density at radius 1 is 1.42 bits per heavy atom. The van der Waals surface area contributed by atoms with Crippen LogP contribution in [0, 0.1) is 6.92 Å². The quantitative estimate of drug-likeness (QED) is 0.896. The van der Waals surface area contributed by atoms with Gasteiger partial charge in [0, 0.05) is 31.9 Å². The summed E-state index contributed by atoms with van der Waals surface area (Å²) in [6.45, 7) is 7.98. The summed E-state index contributed by atoms with van der Waals surface area (Å²) in [5, 5.41) is 3.81. The third-order valence-corrected chi connectivity index (χ3v) is 5.29. The molecule has 3 heterocycles. The molecule has 2 aromatic rings. The van der Waals surface area contributed by atoms with E-state index in [1.165, 1.54) is 11.3 Å². The molecule has 128 valence electrons. The zero-order valence-electron chi connectivity index (χ0n) is 14.0. The average molecular weight is 346 g/mol. The van der Waals surface area contributed by atoms with Gasteiger partial charge in [0.15, 0.2) is 0 Å². The Balaban J connectivity index is 1.62. The predicted molar refractivity (Wildman–Crippen MR) is 94.3 cm³/mol. The van der Waals surface area contributed by atoms with Gasteiger partial charge in [-0.15, -0.1) is 11.3 Å². The number of pyridine rings is 1. The lowest BCUT2D eigenvalue weighted by Crippen LogP contribution is -2.47. The van der Waals surface area contributed by atoms with Crippen molar-refractivity contribution in [1.29, 1.82) is 0 Å². The average Bonchev–Trinajstić information content (AvgIpc) is 3.03. The van der Waals surface area contributed by atoms with Crippen molar-refractivity contribution < 1.29 is 9.53 Å². The number of aromatic nitrogens is 2. The highest BCUT2D eigenvalue weighted by atomic mass is 32.1. The van der Waals surface area contributed by atoms with Gasteiger partial charge in [-0.05, 0) is 26.0 Å². The van der Waals surface area contributed by atoms with Gasteiger partial charge in [-0.25, -0.2) is 4.98 Å². The SMILES string of the molecule is Cc1nc(-c2ccccn2)sc1C(=O)NC[C@@H](C)N1CCOCC1. The molecule has 1 fully saturated rings. The lowest BCUT2D eigenvalue weighted by molar-refractivity contribution is 0.0204. The number of hydrogen-bond donors (Lipinski definition) is 1. The van der Waals surface area contributed by atoms with Gasteiger partial charge in [0.25, 0.3) is 5.91 Å². The second kappa shape index (κ2) is 7.83. The Bertz CT molecular complexity index is 683. The van der Waals surface area contributed by atoms with E-state index in [2.05, 4.69) is 27.1 Å². The van der Waals surface area contributed by atoms with E-state index >= 15 is 0 Å². The van der Waals surface area contributed by atoms with Gasteiger partial charge in [0.1, 0.15) is 9.88 Å². The summed E-state index contributed by atoms with van der Waals surface area (Å²) >= 11 is 1.39. The summed E-state index contributed by atoms with van der Waals surface area (Å²) in [5.74, 6) is -0.0627. The Kier molecular flexibility index (Phi) is 5.55. The molecule has 0 bridgehead atoms. The fourth-order valence-electron chi connectivity index (χ4n) is 2.67. The lowest BCUT2D eigenvalue weighted by atomic mass is 10.2. The number of thiazole rings is 1. The Morgan fingerprint density at radius 2 is 2.21 bits per heavy atom. The molecule has 2 aromatic heterocycles. The van der Waals surface area contributed by atoms with Crippen LogP contribution in [0.4, 0.5) is 0 Å². The monoisotopic (exact) mass is 346 g/mol. The zero-order valence-corrected chi connectivity index (χ0v) is 14.8. The van der Waals surface area contributed by atoms with E-state index in [1.54, 1.807) is 6.20 Å². The maximum Gasteiger partial charge on any atom is 0.263 e. The number of amides is 1. The van der Waals surface area contributed by atoms with Crippen LogP contribution in [-0.2, 0) is 4.74 Å². The maximum absolute atomic E-state index is 12.5. The molecule has 1 aliphatic heterocycles. The van der Waals surface area contributed by atoms with E-state index in [9.17, 15) is 4.79 Å². The molecule has 0 radical (unpaired) electrons. The van der Waals surface area contributed by atoms with Gasteiger partial charge in [0.05, 0.1) is 24.6 Å². The van der Waals surface area contributed by atoms with Gasteiger partial charge in [-0.3, -0.25) is 14.7 Å². The van der Waals surface area contributed by atoms with E-state index in [0.29, 0.717) is 17.5 Å².